The van der Waals surface area contributed by atoms with E-state index in [9.17, 15) is 0 Å². The number of anilines is 1. The van der Waals surface area contributed by atoms with Gasteiger partial charge in [-0.3, -0.25) is 15.1 Å². The van der Waals surface area contributed by atoms with Crippen molar-refractivity contribution in [2.24, 2.45) is 0 Å². The van der Waals surface area contributed by atoms with E-state index in [1.807, 2.05) is 19.1 Å². The maximum atomic E-state index is 15.8. The Kier molecular flexibility index (Phi) is 4.54. The summed E-state index contributed by atoms with van der Waals surface area (Å²) in [7, 11) is 2.13. The van der Waals surface area contributed by atoms with Crippen LogP contribution in [0.25, 0.3) is 44.8 Å². The summed E-state index contributed by atoms with van der Waals surface area (Å²) in [6, 6.07) is 3.83. The van der Waals surface area contributed by atoms with Gasteiger partial charge in [-0.1, -0.05) is 0 Å². The van der Waals surface area contributed by atoms with Crippen LogP contribution in [0.3, 0.4) is 0 Å². The summed E-state index contributed by atoms with van der Waals surface area (Å²) in [5, 5.41) is 7.59. The number of aromatic nitrogens is 7. The summed E-state index contributed by atoms with van der Waals surface area (Å²) in [5.41, 5.74) is 5.12. The number of H-pyrrole nitrogens is 2. The van der Waals surface area contributed by atoms with Crippen LogP contribution in [0, 0.1) is 12.7 Å². The molecule has 0 radical (unpaired) electrons. The third kappa shape index (κ3) is 3.21. The Balaban J connectivity index is 1.48. The Morgan fingerprint density at radius 3 is 2.67 bits per heavy atom. The Morgan fingerprint density at radius 1 is 1.00 bits per heavy atom. The second-order valence-electron chi connectivity index (χ2n) is 8.38. The molecule has 0 saturated carbocycles. The monoisotopic (exact) mass is 443 g/mol. The van der Waals surface area contributed by atoms with Crippen molar-refractivity contribution in [3.8, 4) is 22.8 Å². The molecule has 10 heteroatoms. The van der Waals surface area contributed by atoms with Crippen molar-refractivity contribution < 1.29 is 4.39 Å². The zero-order chi connectivity index (χ0) is 22.5. The number of hydrogen-bond donors (Lipinski definition) is 2. The van der Waals surface area contributed by atoms with Crippen LogP contribution < -0.4 is 4.90 Å². The zero-order valence-corrected chi connectivity index (χ0v) is 18.3. The second kappa shape index (κ2) is 7.59. The largest absolute Gasteiger partial charge is 0.367 e. The number of aryl methyl sites for hydroxylation is 1. The average molecular weight is 443 g/mol. The lowest BCUT2D eigenvalue weighted by Gasteiger charge is -2.34. The molecule has 0 bridgehead atoms. The first kappa shape index (κ1) is 19.7. The van der Waals surface area contributed by atoms with E-state index in [2.05, 4.69) is 52.0 Å². The van der Waals surface area contributed by atoms with E-state index in [1.165, 1.54) is 0 Å². The van der Waals surface area contributed by atoms with Crippen LogP contribution in [-0.2, 0) is 0 Å². The van der Waals surface area contributed by atoms with Gasteiger partial charge in [0.2, 0.25) is 0 Å². The van der Waals surface area contributed by atoms with Gasteiger partial charge in [0.1, 0.15) is 16.9 Å². The van der Waals surface area contributed by atoms with Crippen molar-refractivity contribution in [2.45, 2.75) is 6.92 Å². The van der Waals surface area contributed by atoms with E-state index in [0.29, 0.717) is 33.6 Å². The van der Waals surface area contributed by atoms with Gasteiger partial charge in [-0.15, -0.1) is 0 Å². The van der Waals surface area contributed by atoms with Crippen molar-refractivity contribution in [3.63, 3.8) is 0 Å². The normalized spacial score (nSPS) is 15.1. The van der Waals surface area contributed by atoms with Gasteiger partial charge in [-0.05, 0) is 31.7 Å². The predicted octanol–water partition coefficient (Wildman–Crippen LogP) is 3.16. The number of aromatic amines is 2. The van der Waals surface area contributed by atoms with Gasteiger partial charge < -0.3 is 14.8 Å². The maximum Gasteiger partial charge on any atom is 0.180 e. The molecule has 0 amide bonds. The molecule has 1 saturated heterocycles. The molecule has 1 aliphatic rings. The van der Waals surface area contributed by atoms with Crippen LogP contribution in [0.4, 0.5) is 10.1 Å². The van der Waals surface area contributed by atoms with E-state index >= 15 is 4.39 Å². The number of piperazine rings is 1. The van der Waals surface area contributed by atoms with Crippen LogP contribution in [0.15, 0.2) is 36.9 Å². The van der Waals surface area contributed by atoms with Gasteiger partial charge in [0.25, 0.3) is 0 Å². The minimum Gasteiger partial charge on any atom is -0.367 e. The zero-order valence-electron chi connectivity index (χ0n) is 18.3. The van der Waals surface area contributed by atoms with Gasteiger partial charge in [-0.25, -0.2) is 14.4 Å². The average Bonchev–Trinajstić information content (AvgIpc) is 3.45. The first-order valence-electron chi connectivity index (χ1n) is 10.8. The van der Waals surface area contributed by atoms with Crippen molar-refractivity contribution in [1.82, 2.24) is 40.0 Å². The molecule has 6 rings (SSSR count). The fraction of sp³-hybridized carbons (Fsp3) is 0.261. The number of imidazole rings is 1. The summed E-state index contributed by atoms with van der Waals surface area (Å²) in [5.74, 6) is 0.00402. The van der Waals surface area contributed by atoms with Gasteiger partial charge in [0.15, 0.2) is 17.3 Å². The lowest BCUT2D eigenvalue weighted by Crippen LogP contribution is -2.44. The number of rotatable bonds is 3. The van der Waals surface area contributed by atoms with Crippen LogP contribution in [0.2, 0.25) is 0 Å². The van der Waals surface area contributed by atoms with Gasteiger partial charge in [-0.2, -0.15) is 5.10 Å². The standard InChI is InChI=1S/C23H22FN9/c1-13-3-5-25-11-14(13)19-18(24)17-15(12-27-19)30-31-21(17)23-28-20-16(4-6-26-22(20)29-23)33-9-7-32(2)8-10-33/h3-6,11-12H,7-10H2,1-2H3,(H,30,31)(H,26,28,29). The molecule has 0 spiro atoms. The molecule has 2 N–H and O–H groups in total. The minimum atomic E-state index is -0.458. The highest BCUT2D eigenvalue weighted by Gasteiger charge is 2.23. The number of nitrogens with one attached hydrogen (secondary N) is 2. The number of hydrogen-bond acceptors (Lipinski definition) is 7. The molecule has 5 aromatic heterocycles. The molecule has 166 valence electrons. The van der Waals surface area contributed by atoms with Gasteiger partial charge in [0, 0.05) is 50.3 Å². The summed E-state index contributed by atoms with van der Waals surface area (Å²) < 4.78 is 15.8. The summed E-state index contributed by atoms with van der Waals surface area (Å²) >= 11 is 0. The number of fused-ring (bicyclic) bond motifs is 2. The molecule has 5 aromatic rings. The third-order valence-electron chi connectivity index (χ3n) is 6.28. The quantitative estimate of drug-likeness (QED) is 0.442. The molecular formula is C23H22FN9. The van der Waals surface area contributed by atoms with E-state index in [0.717, 1.165) is 42.9 Å². The summed E-state index contributed by atoms with van der Waals surface area (Å²) in [4.78, 5) is 25.5. The predicted molar refractivity (Wildman–Crippen MR) is 124 cm³/mol. The fourth-order valence-electron chi connectivity index (χ4n) is 4.37. The van der Waals surface area contributed by atoms with Crippen LogP contribution in [0.5, 0.6) is 0 Å². The number of likely N-dealkylation sites (N-methyl/N-ethyl adjacent to an activating group) is 1. The van der Waals surface area contributed by atoms with E-state index in [1.54, 1.807) is 24.8 Å². The minimum absolute atomic E-state index is 0.239. The maximum absolute atomic E-state index is 15.8. The Hall–Kier alpha value is -3.92. The molecule has 0 aromatic carbocycles. The smallest absolute Gasteiger partial charge is 0.180 e. The molecule has 1 aliphatic heterocycles. The highest BCUT2D eigenvalue weighted by atomic mass is 19.1. The first-order chi connectivity index (χ1) is 16.1. The van der Waals surface area contributed by atoms with Crippen molar-refractivity contribution in [2.75, 3.05) is 38.1 Å². The number of halogens is 1. The molecule has 6 heterocycles. The Bertz CT molecular complexity index is 1480. The SMILES string of the molecule is Cc1ccncc1-c1ncc2[nH]nc(-c3nc4nccc(N5CCN(C)CC5)c4[nH]3)c2c1F. The number of pyridine rings is 3. The number of nitrogens with zero attached hydrogens (tertiary/aromatic N) is 7. The lowest BCUT2D eigenvalue weighted by atomic mass is 10.1. The van der Waals surface area contributed by atoms with Crippen LogP contribution >= 0.6 is 0 Å². The Labute approximate surface area is 188 Å². The summed E-state index contributed by atoms with van der Waals surface area (Å²) in [6.45, 7) is 5.73. The van der Waals surface area contributed by atoms with E-state index in [-0.39, 0.29) is 5.69 Å². The second-order valence-corrected chi connectivity index (χ2v) is 8.38. The fourth-order valence-corrected chi connectivity index (χ4v) is 4.37. The van der Waals surface area contributed by atoms with Gasteiger partial charge in [0.05, 0.1) is 22.8 Å². The molecule has 0 aliphatic carbocycles. The molecule has 0 atom stereocenters. The van der Waals surface area contributed by atoms with Crippen molar-refractivity contribution >= 4 is 27.8 Å². The van der Waals surface area contributed by atoms with E-state index in [4.69, 9.17) is 0 Å². The highest BCUT2D eigenvalue weighted by molar-refractivity contribution is 5.96. The van der Waals surface area contributed by atoms with Crippen LogP contribution in [0.1, 0.15) is 5.56 Å². The molecule has 33 heavy (non-hydrogen) atoms. The lowest BCUT2D eigenvalue weighted by molar-refractivity contribution is 0.313. The molecule has 0 unspecified atom stereocenters. The molecule has 9 nitrogen and oxygen atoms in total. The summed E-state index contributed by atoms with van der Waals surface area (Å²) in [6.07, 6.45) is 6.65. The molecular weight excluding hydrogens is 421 g/mol. The van der Waals surface area contributed by atoms with Gasteiger partial charge >= 0.3 is 0 Å². The molecule has 1 fully saturated rings. The topological polar surface area (TPSA) is 103 Å². The van der Waals surface area contributed by atoms with Crippen LogP contribution in [-0.4, -0.2) is 73.2 Å². The highest BCUT2D eigenvalue weighted by Crippen LogP contribution is 2.34. The van der Waals surface area contributed by atoms with Crippen molar-refractivity contribution in [3.05, 3.63) is 48.3 Å². The van der Waals surface area contributed by atoms with E-state index < -0.39 is 5.82 Å². The van der Waals surface area contributed by atoms with Crippen molar-refractivity contribution in [1.29, 1.82) is 0 Å². The first-order valence-corrected chi connectivity index (χ1v) is 10.8. The third-order valence-corrected chi connectivity index (χ3v) is 6.28. The Morgan fingerprint density at radius 2 is 1.85 bits per heavy atom.